The van der Waals surface area contributed by atoms with Gasteiger partial charge in [-0.15, -0.1) is 0 Å². The highest BCUT2D eigenvalue weighted by atomic mass is 19.4. The topological polar surface area (TPSA) is 47.7 Å². The first-order valence-corrected chi connectivity index (χ1v) is 6.12. The van der Waals surface area contributed by atoms with Crippen molar-refractivity contribution < 1.29 is 13.2 Å². The molecule has 5 nitrogen and oxygen atoms in total. The Balaban J connectivity index is 1.84. The molecular weight excluding hydrogens is 271 g/mol. The van der Waals surface area contributed by atoms with Crippen molar-refractivity contribution in [2.75, 3.05) is 0 Å². The first-order chi connectivity index (χ1) is 9.35. The molecule has 0 fully saturated rings. The molecule has 0 aromatic carbocycles. The maximum absolute atomic E-state index is 12.2. The van der Waals surface area contributed by atoms with Gasteiger partial charge in [-0.3, -0.25) is 9.36 Å². The van der Waals surface area contributed by atoms with Gasteiger partial charge in [0.2, 0.25) is 0 Å². The molecule has 0 atom stereocenters. The lowest BCUT2D eigenvalue weighted by Crippen LogP contribution is -2.19. The summed E-state index contributed by atoms with van der Waals surface area (Å²) in [6, 6.07) is 1.58. The molecule has 0 aliphatic carbocycles. The molecule has 2 rings (SSSR count). The number of alkyl halides is 3. The molecule has 0 amide bonds. The van der Waals surface area contributed by atoms with Crippen molar-refractivity contribution in [3.63, 3.8) is 0 Å². The summed E-state index contributed by atoms with van der Waals surface area (Å²) >= 11 is 0. The van der Waals surface area contributed by atoms with Gasteiger partial charge in [0.05, 0.1) is 11.9 Å². The molecule has 0 aliphatic heterocycles. The normalized spacial score (nSPS) is 12.1. The highest BCUT2D eigenvalue weighted by molar-refractivity contribution is 5.15. The van der Waals surface area contributed by atoms with E-state index in [0.29, 0.717) is 18.8 Å². The average Bonchev–Trinajstić information content (AvgIpc) is 2.88. The Morgan fingerprint density at radius 3 is 2.65 bits per heavy atom. The van der Waals surface area contributed by atoms with Gasteiger partial charge >= 0.3 is 6.18 Å². The quantitative estimate of drug-likeness (QED) is 0.912. The Hall–Kier alpha value is -1.83. The summed E-state index contributed by atoms with van der Waals surface area (Å²) in [6.07, 6.45) is -1.14. The molecule has 0 bridgehead atoms. The molecule has 0 saturated carbocycles. The number of hydrogen-bond acceptors (Lipinski definition) is 3. The maximum Gasteiger partial charge on any atom is 0.408 e. The molecule has 2 heterocycles. The van der Waals surface area contributed by atoms with Crippen LogP contribution >= 0.6 is 0 Å². The predicted molar refractivity (Wildman–Crippen MR) is 66.8 cm³/mol. The number of aromatic nitrogens is 4. The van der Waals surface area contributed by atoms with Crippen molar-refractivity contribution in [1.82, 2.24) is 24.9 Å². The van der Waals surface area contributed by atoms with Crippen molar-refractivity contribution >= 4 is 0 Å². The van der Waals surface area contributed by atoms with E-state index in [1.54, 1.807) is 16.9 Å². The highest BCUT2D eigenvalue weighted by Crippen LogP contribution is 2.16. The average molecular weight is 287 g/mol. The van der Waals surface area contributed by atoms with Crippen molar-refractivity contribution in [2.45, 2.75) is 32.7 Å². The summed E-state index contributed by atoms with van der Waals surface area (Å²) in [5.74, 6) is 0. The van der Waals surface area contributed by atoms with Crippen LogP contribution in [0.3, 0.4) is 0 Å². The van der Waals surface area contributed by atoms with E-state index in [4.69, 9.17) is 0 Å². The fourth-order valence-corrected chi connectivity index (χ4v) is 1.81. The molecule has 0 unspecified atom stereocenters. The smallest absolute Gasteiger partial charge is 0.307 e. The van der Waals surface area contributed by atoms with Crippen LogP contribution in [-0.2, 0) is 26.7 Å². The number of hydrogen-bond donors (Lipinski definition) is 1. The first kappa shape index (κ1) is 14.6. The molecule has 1 N–H and O–H groups in total. The maximum atomic E-state index is 12.2. The van der Waals surface area contributed by atoms with Gasteiger partial charge in [0.15, 0.2) is 0 Å². The van der Waals surface area contributed by atoms with Gasteiger partial charge < -0.3 is 5.32 Å². The van der Waals surface area contributed by atoms with Crippen molar-refractivity contribution in [3.05, 3.63) is 35.4 Å². The summed E-state index contributed by atoms with van der Waals surface area (Å²) in [7, 11) is 1.86. The van der Waals surface area contributed by atoms with E-state index in [0.717, 1.165) is 15.9 Å². The Bertz CT molecular complexity index is 570. The third-order valence-electron chi connectivity index (χ3n) is 3.00. The van der Waals surface area contributed by atoms with E-state index in [1.807, 2.05) is 14.0 Å². The zero-order valence-corrected chi connectivity index (χ0v) is 11.3. The summed E-state index contributed by atoms with van der Waals surface area (Å²) in [5.41, 5.74) is 2.69. The van der Waals surface area contributed by atoms with Crippen LogP contribution in [0.4, 0.5) is 13.2 Å². The van der Waals surface area contributed by atoms with Crippen LogP contribution in [0.15, 0.2) is 18.5 Å². The Labute approximate surface area is 114 Å². The summed E-state index contributed by atoms with van der Waals surface area (Å²) in [5, 5.41) is 11.1. The number of aryl methyl sites for hydroxylation is 1. The van der Waals surface area contributed by atoms with Crippen LogP contribution in [0.1, 0.15) is 17.0 Å². The molecule has 2 aromatic rings. The van der Waals surface area contributed by atoms with E-state index < -0.39 is 12.7 Å². The second kappa shape index (κ2) is 5.66. The summed E-state index contributed by atoms with van der Waals surface area (Å²) in [6.45, 7) is 1.92. The minimum atomic E-state index is -4.25. The SMILES string of the molecule is Cc1c(CNCc2ccn(CC(F)(F)F)n2)cnn1C. The Morgan fingerprint density at radius 2 is 2.05 bits per heavy atom. The predicted octanol–water partition coefficient (Wildman–Crippen LogP) is 1.78. The lowest BCUT2D eigenvalue weighted by atomic mass is 10.2. The van der Waals surface area contributed by atoms with Crippen molar-refractivity contribution in [2.24, 2.45) is 7.05 Å². The van der Waals surface area contributed by atoms with Crippen LogP contribution < -0.4 is 5.32 Å². The third kappa shape index (κ3) is 3.83. The number of halogens is 3. The monoisotopic (exact) mass is 287 g/mol. The van der Waals surface area contributed by atoms with E-state index in [2.05, 4.69) is 15.5 Å². The van der Waals surface area contributed by atoms with Gasteiger partial charge in [-0.1, -0.05) is 0 Å². The molecule has 20 heavy (non-hydrogen) atoms. The molecule has 2 aromatic heterocycles. The van der Waals surface area contributed by atoms with Gasteiger partial charge in [0, 0.05) is 37.6 Å². The Kier molecular flexibility index (Phi) is 4.12. The number of nitrogens with zero attached hydrogens (tertiary/aromatic N) is 4. The molecule has 8 heteroatoms. The zero-order chi connectivity index (χ0) is 14.8. The van der Waals surface area contributed by atoms with Gasteiger partial charge in [0.1, 0.15) is 6.54 Å². The molecule has 0 aliphatic rings. The minimum absolute atomic E-state index is 0.416. The van der Waals surface area contributed by atoms with Gasteiger partial charge in [-0.2, -0.15) is 23.4 Å². The van der Waals surface area contributed by atoms with Crippen LogP contribution in [0.5, 0.6) is 0 Å². The standard InChI is InChI=1S/C12H16F3N5/c1-9-10(6-17-19(9)2)5-16-7-11-3-4-20(18-11)8-12(13,14)15/h3-4,6,16H,5,7-8H2,1-2H3. The van der Waals surface area contributed by atoms with Crippen molar-refractivity contribution in [1.29, 1.82) is 0 Å². The zero-order valence-electron chi connectivity index (χ0n) is 11.3. The van der Waals surface area contributed by atoms with E-state index in [9.17, 15) is 13.2 Å². The fourth-order valence-electron chi connectivity index (χ4n) is 1.81. The van der Waals surface area contributed by atoms with Crippen LogP contribution in [0.25, 0.3) is 0 Å². The second-order valence-electron chi connectivity index (χ2n) is 4.60. The summed E-state index contributed by atoms with van der Waals surface area (Å²) < 4.78 is 39.2. The van der Waals surface area contributed by atoms with Crippen LogP contribution in [-0.4, -0.2) is 25.7 Å². The molecule has 0 spiro atoms. The minimum Gasteiger partial charge on any atom is -0.307 e. The van der Waals surface area contributed by atoms with E-state index in [-0.39, 0.29) is 0 Å². The lowest BCUT2D eigenvalue weighted by molar-refractivity contribution is -0.142. The molecule has 0 radical (unpaired) electrons. The van der Waals surface area contributed by atoms with Gasteiger partial charge in [-0.25, -0.2) is 0 Å². The van der Waals surface area contributed by atoms with E-state index in [1.165, 1.54) is 6.20 Å². The summed E-state index contributed by atoms with van der Waals surface area (Å²) in [4.78, 5) is 0. The molecule has 0 saturated heterocycles. The first-order valence-electron chi connectivity index (χ1n) is 6.12. The lowest BCUT2D eigenvalue weighted by Gasteiger charge is -2.05. The largest absolute Gasteiger partial charge is 0.408 e. The van der Waals surface area contributed by atoms with E-state index >= 15 is 0 Å². The molecule has 110 valence electrons. The number of nitrogens with one attached hydrogen (secondary N) is 1. The molecular formula is C12H16F3N5. The Morgan fingerprint density at radius 1 is 1.30 bits per heavy atom. The number of rotatable bonds is 5. The van der Waals surface area contributed by atoms with Gasteiger partial charge in [-0.05, 0) is 13.0 Å². The van der Waals surface area contributed by atoms with Crippen LogP contribution in [0.2, 0.25) is 0 Å². The highest BCUT2D eigenvalue weighted by Gasteiger charge is 2.28. The van der Waals surface area contributed by atoms with Crippen molar-refractivity contribution in [3.8, 4) is 0 Å². The van der Waals surface area contributed by atoms with Gasteiger partial charge in [0.25, 0.3) is 0 Å². The fraction of sp³-hybridized carbons (Fsp3) is 0.500. The second-order valence-corrected chi connectivity index (χ2v) is 4.60. The van der Waals surface area contributed by atoms with Crippen LogP contribution in [0, 0.1) is 6.92 Å². The third-order valence-corrected chi connectivity index (χ3v) is 3.00.